The summed E-state index contributed by atoms with van der Waals surface area (Å²) >= 11 is 0. The summed E-state index contributed by atoms with van der Waals surface area (Å²) in [5.41, 5.74) is 0. The van der Waals surface area contributed by atoms with Crippen molar-refractivity contribution in [3.63, 3.8) is 0 Å². The number of carboxylic acids is 1. The lowest BCUT2D eigenvalue weighted by Gasteiger charge is -2.34. The highest BCUT2D eigenvalue weighted by atomic mass is 16.5. The lowest BCUT2D eigenvalue weighted by atomic mass is 10.1. The van der Waals surface area contributed by atoms with Crippen LogP contribution < -0.4 is 10.6 Å². The van der Waals surface area contributed by atoms with Gasteiger partial charge >= 0.3 is 12.0 Å². The van der Waals surface area contributed by atoms with Crippen molar-refractivity contribution in [1.29, 1.82) is 0 Å². The Balaban J connectivity index is 1.88. The smallest absolute Gasteiger partial charge is 0.318 e. The fourth-order valence-electron chi connectivity index (χ4n) is 2.01. The molecule has 0 radical (unpaired) electrons. The average Bonchev–Trinajstić information content (AvgIpc) is 2.93. The van der Waals surface area contributed by atoms with E-state index >= 15 is 0 Å². The van der Waals surface area contributed by atoms with Crippen LogP contribution in [-0.2, 0) is 16.0 Å². The van der Waals surface area contributed by atoms with E-state index in [0.717, 1.165) is 0 Å². The van der Waals surface area contributed by atoms with Crippen LogP contribution in [0.2, 0.25) is 0 Å². The molecule has 2 heterocycles. The zero-order valence-corrected chi connectivity index (χ0v) is 11.1. The molecule has 1 atom stereocenters. The van der Waals surface area contributed by atoms with Crippen molar-refractivity contribution in [1.82, 2.24) is 25.7 Å². The van der Waals surface area contributed by atoms with Gasteiger partial charge in [0.1, 0.15) is 6.04 Å². The van der Waals surface area contributed by atoms with Gasteiger partial charge < -0.3 is 25.2 Å². The summed E-state index contributed by atoms with van der Waals surface area (Å²) in [5, 5.41) is 17.6. The van der Waals surface area contributed by atoms with E-state index in [0.29, 0.717) is 18.8 Å². The lowest BCUT2D eigenvalue weighted by molar-refractivity contribution is -0.142. The second-order valence-corrected chi connectivity index (χ2v) is 4.43. The summed E-state index contributed by atoms with van der Waals surface area (Å²) < 4.78 is 4.56. The first-order valence-electron chi connectivity index (χ1n) is 6.37. The number of carboxylic acid groups (broad SMARTS) is 1. The Labute approximate surface area is 119 Å². The van der Waals surface area contributed by atoms with Gasteiger partial charge in [0.25, 0.3) is 0 Å². The molecular weight excluding hydrogens is 282 g/mol. The van der Waals surface area contributed by atoms with Crippen LogP contribution in [0.15, 0.2) is 10.9 Å². The van der Waals surface area contributed by atoms with Gasteiger partial charge in [-0.2, -0.15) is 4.98 Å². The molecule has 1 fully saturated rings. The molecule has 0 aromatic carbocycles. The number of aliphatic carboxylic acids is 1. The molecule has 1 aliphatic rings. The Kier molecular flexibility index (Phi) is 4.69. The Morgan fingerprint density at radius 1 is 1.57 bits per heavy atom. The first-order chi connectivity index (χ1) is 10.1. The zero-order chi connectivity index (χ0) is 15.2. The molecule has 21 heavy (non-hydrogen) atoms. The minimum absolute atomic E-state index is 0.260. The molecule has 3 N–H and O–H groups in total. The van der Waals surface area contributed by atoms with E-state index in [4.69, 9.17) is 5.11 Å². The summed E-state index contributed by atoms with van der Waals surface area (Å²) in [6.07, 6.45) is 1.14. The van der Waals surface area contributed by atoms with Gasteiger partial charge in [-0.25, -0.2) is 4.79 Å². The van der Waals surface area contributed by atoms with Crippen molar-refractivity contribution >= 4 is 17.9 Å². The quantitative estimate of drug-likeness (QED) is 0.607. The number of piperazine rings is 1. The molecule has 1 aliphatic heterocycles. The third-order valence-electron chi connectivity index (χ3n) is 2.99. The van der Waals surface area contributed by atoms with Crippen LogP contribution in [0.4, 0.5) is 4.79 Å². The number of hydrogen-bond acceptors (Lipinski definition) is 6. The van der Waals surface area contributed by atoms with Gasteiger partial charge in [-0.15, -0.1) is 0 Å². The van der Waals surface area contributed by atoms with Crippen LogP contribution >= 0.6 is 0 Å². The summed E-state index contributed by atoms with van der Waals surface area (Å²) in [6.45, 7) is 0.821. The topological polar surface area (TPSA) is 138 Å². The molecule has 1 aromatic rings. The van der Waals surface area contributed by atoms with Crippen LogP contribution in [0.25, 0.3) is 0 Å². The van der Waals surface area contributed by atoms with E-state index in [2.05, 4.69) is 25.3 Å². The first kappa shape index (κ1) is 14.8. The van der Waals surface area contributed by atoms with Crippen LogP contribution in [-0.4, -0.2) is 63.7 Å². The van der Waals surface area contributed by atoms with Crippen LogP contribution in [0.5, 0.6) is 0 Å². The Bertz CT molecular complexity index is 517. The molecule has 1 saturated heterocycles. The molecule has 1 unspecified atom stereocenters. The number of urea groups is 1. The molecule has 0 spiro atoms. The molecule has 0 saturated carbocycles. The summed E-state index contributed by atoms with van der Waals surface area (Å²) in [6, 6.07) is -1.49. The number of amides is 3. The molecule has 10 heteroatoms. The van der Waals surface area contributed by atoms with Crippen LogP contribution in [0, 0.1) is 0 Å². The van der Waals surface area contributed by atoms with Gasteiger partial charge in [-0.1, -0.05) is 5.16 Å². The molecule has 0 bridgehead atoms. The SMILES string of the molecule is O=C(O)CC1C(=O)NCCN1C(=O)NCCc1ncon1. The van der Waals surface area contributed by atoms with Gasteiger partial charge in [-0.3, -0.25) is 9.59 Å². The van der Waals surface area contributed by atoms with Crippen molar-refractivity contribution in [2.24, 2.45) is 0 Å². The van der Waals surface area contributed by atoms with E-state index in [1.807, 2.05) is 0 Å². The lowest BCUT2D eigenvalue weighted by Crippen LogP contribution is -2.60. The maximum atomic E-state index is 12.0. The highest BCUT2D eigenvalue weighted by molar-refractivity contribution is 5.91. The number of carbonyl (C=O) groups excluding carboxylic acids is 2. The van der Waals surface area contributed by atoms with Gasteiger partial charge in [0.05, 0.1) is 6.42 Å². The molecule has 114 valence electrons. The maximum absolute atomic E-state index is 12.0. The molecule has 0 aliphatic carbocycles. The van der Waals surface area contributed by atoms with Crippen LogP contribution in [0.1, 0.15) is 12.2 Å². The van der Waals surface area contributed by atoms with Crippen molar-refractivity contribution in [3.05, 3.63) is 12.2 Å². The second kappa shape index (κ2) is 6.68. The first-order valence-corrected chi connectivity index (χ1v) is 6.37. The molecule has 3 amide bonds. The number of carbonyl (C=O) groups is 3. The van der Waals surface area contributed by atoms with E-state index in [1.54, 1.807) is 0 Å². The molecular formula is C11H15N5O5. The van der Waals surface area contributed by atoms with Gasteiger partial charge in [0, 0.05) is 26.1 Å². The second-order valence-electron chi connectivity index (χ2n) is 4.43. The summed E-state index contributed by atoms with van der Waals surface area (Å²) in [5.74, 6) is -1.15. The predicted octanol–water partition coefficient (Wildman–Crippen LogP) is -1.40. The number of nitrogens with one attached hydrogen (secondary N) is 2. The Morgan fingerprint density at radius 2 is 2.38 bits per heavy atom. The highest BCUT2D eigenvalue weighted by Crippen LogP contribution is 2.09. The average molecular weight is 297 g/mol. The number of hydrogen-bond donors (Lipinski definition) is 3. The third kappa shape index (κ3) is 3.91. The normalized spacial score (nSPS) is 18.2. The monoisotopic (exact) mass is 297 g/mol. The van der Waals surface area contributed by atoms with Gasteiger partial charge in [0.15, 0.2) is 5.82 Å². The van der Waals surface area contributed by atoms with E-state index in [-0.39, 0.29) is 13.1 Å². The fourth-order valence-corrected chi connectivity index (χ4v) is 2.01. The van der Waals surface area contributed by atoms with Crippen molar-refractivity contribution < 1.29 is 24.0 Å². The number of rotatable bonds is 5. The van der Waals surface area contributed by atoms with E-state index in [1.165, 1.54) is 11.3 Å². The van der Waals surface area contributed by atoms with Gasteiger partial charge in [0.2, 0.25) is 12.3 Å². The number of nitrogens with zero attached hydrogens (tertiary/aromatic N) is 3. The predicted molar refractivity (Wildman–Crippen MR) is 67.2 cm³/mol. The largest absolute Gasteiger partial charge is 0.481 e. The fraction of sp³-hybridized carbons (Fsp3) is 0.545. The Morgan fingerprint density at radius 3 is 3.05 bits per heavy atom. The zero-order valence-electron chi connectivity index (χ0n) is 11.1. The van der Waals surface area contributed by atoms with Crippen molar-refractivity contribution in [2.75, 3.05) is 19.6 Å². The molecule has 2 rings (SSSR count). The Hall–Kier alpha value is -2.65. The molecule has 1 aromatic heterocycles. The van der Waals surface area contributed by atoms with E-state index in [9.17, 15) is 14.4 Å². The summed E-state index contributed by atoms with van der Waals surface area (Å²) in [4.78, 5) is 39.5. The van der Waals surface area contributed by atoms with Crippen molar-refractivity contribution in [2.45, 2.75) is 18.9 Å². The number of aromatic nitrogens is 2. The highest BCUT2D eigenvalue weighted by Gasteiger charge is 2.34. The minimum Gasteiger partial charge on any atom is -0.481 e. The maximum Gasteiger partial charge on any atom is 0.318 e. The molecule has 10 nitrogen and oxygen atoms in total. The van der Waals surface area contributed by atoms with Crippen molar-refractivity contribution in [3.8, 4) is 0 Å². The summed E-state index contributed by atoms with van der Waals surface area (Å²) in [7, 11) is 0. The third-order valence-corrected chi connectivity index (χ3v) is 2.99. The minimum atomic E-state index is -1.14. The van der Waals surface area contributed by atoms with E-state index < -0.39 is 30.4 Å². The van der Waals surface area contributed by atoms with Gasteiger partial charge in [-0.05, 0) is 0 Å². The standard InChI is InChI=1S/C11H15N5O5/c17-9(18)5-7-10(19)12-3-4-16(7)11(20)13-2-1-8-14-6-21-15-8/h6-7H,1-5H2,(H,12,19)(H,13,20)(H,17,18). The van der Waals surface area contributed by atoms with Crippen LogP contribution in [0.3, 0.4) is 0 Å².